The van der Waals surface area contributed by atoms with E-state index in [1.54, 1.807) is 0 Å². The molecular formula is C14H23NO4S. The summed E-state index contributed by atoms with van der Waals surface area (Å²) in [7, 11) is -2.90. The minimum absolute atomic E-state index is 0.167. The second-order valence-electron chi connectivity index (χ2n) is 4.84. The molecule has 0 aromatic heterocycles. The SMILES string of the molecule is CS(=O)(=O)CCCNCC(O)COCc1ccccc1. The molecule has 2 N–H and O–H groups in total. The van der Waals surface area contributed by atoms with Gasteiger partial charge in [-0.05, 0) is 18.5 Å². The van der Waals surface area contributed by atoms with Crippen LogP contribution in [0.2, 0.25) is 0 Å². The van der Waals surface area contributed by atoms with Crippen LogP contribution in [0.25, 0.3) is 0 Å². The van der Waals surface area contributed by atoms with Gasteiger partial charge >= 0.3 is 0 Å². The van der Waals surface area contributed by atoms with Crippen molar-refractivity contribution in [1.29, 1.82) is 0 Å². The molecule has 0 aliphatic rings. The summed E-state index contributed by atoms with van der Waals surface area (Å²) in [6.07, 6.45) is 1.19. The van der Waals surface area contributed by atoms with Crippen LogP contribution in [0.4, 0.5) is 0 Å². The van der Waals surface area contributed by atoms with Crippen LogP contribution in [0, 0.1) is 0 Å². The summed E-state index contributed by atoms with van der Waals surface area (Å²) >= 11 is 0. The average Bonchev–Trinajstić information content (AvgIpc) is 2.38. The number of benzene rings is 1. The summed E-state index contributed by atoms with van der Waals surface area (Å²) in [6.45, 7) is 1.71. The van der Waals surface area contributed by atoms with Gasteiger partial charge < -0.3 is 15.2 Å². The zero-order valence-electron chi connectivity index (χ0n) is 11.8. The quantitative estimate of drug-likeness (QED) is 0.619. The van der Waals surface area contributed by atoms with Crippen LogP contribution in [0.15, 0.2) is 30.3 Å². The third kappa shape index (κ3) is 9.03. The lowest BCUT2D eigenvalue weighted by molar-refractivity contribution is 0.0290. The zero-order chi connectivity index (χ0) is 14.8. The fraction of sp³-hybridized carbons (Fsp3) is 0.571. The highest BCUT2D eigenvalue weighted by Gasteiger charge is 2.05. The Morgan fingerprint density at radius 3 is 2.65 bits per heavy atom. The summed E-state index contributed by atoms with van der Waals surface area (Å²) in [5.74, 6) is 0.167. The molecule has 0 fully saturated rings. The Labute approximate surface area is 120 Å². The second kappa shape index (κ2) is 9.07. The van der Waals surface area contributed by atoms with Crippen LogP contribution in [-0.4, -0.2) is 51.3 Å². The molecule has 6 heteroatoms. The highest BCUT2D eigenvalue weighted by atomic mass is 32.2. The van der Waals surface area contributed by atoms with Gasteiger partial charge in [-0.3, -0.25) is 0 Å². The topological polar surface area (TPSA) is 75.6 Å². The monoisotopic (exact) mass is 301 g/mol. The maximum atomic E-state index is 10.9. The number of nitrogens with one attached hydrogen (secondary N) is 1. The molecular weight excluding hydrogens is 278 g/mol. The van der Waals surface area contributed by atoms with Crippen molar-refractivity contribution >= 4 is 9.84 Å². The van der Waals surface area contributed by atoms with E-state index in [9.17, 15) is 13.5 Å². The van der Waals surface area contributed by atoms with Gasteiger partial charge in [0.05, 0.1) is 25.1 Å². The van der Waals surface area contributed by atoms with E-state index in [4.69, 9.17) is 4.74 Å². The van der Waals surface area contributed by atoms with Crippen molar-refractivity contribution in [1.82, 2.24) is 5.32 Å². The standard InChI is InChI=1S/C14H23NO4S/c1-20(17,18)9-5-8-15-10-14(16)12-19-11-13-6-3-2-4-7-13/h2-4,6-7,14-16H,5,8-12H2,1H3. The van der Waals surface area contributed by atoms with Crippen LogP contribution in [0.5, 0.6) is 0 Å². The highest BCUT2D eigenvalue weighted by Crippen LogP contribution is 2.00. The third-order valence-corrected chi connectivity index (χ3v) is 3.70. The molecule has 0 heterocycles. The Balaban J connectivity index is 2.02. The van der Waals surface area contributed by atoms with Crippen LogP contribution in [-0.2, 0) is 21.2 Å². The van der Waals surface area contributed by atoms with Gasteiger partial charge in [-0.15, -0.1) is 0 Å². The van der Waals surface area contributed by atoms with Gasteiger partial charge in [0.15, 0.2) is 0 Å². The molecule has 1 aromatic carbocycles. The molecule has 0 radical (unpaired) electrons. The maximum Gasteiger partial charge on any atom is 0.147 e. The first-order valence-corrected chi connectivity index (χ1v) is 8.71. The first kappa shape index (κ1) is 17.1. The molecule has 0 bridgehead atoms. The second-order valence-corrected chi connectivity index (χ2v) is 7.10. The molecule has 114 valence electrons. The fourth-order valence-corrected chi connectivity index (χ4v) is 2.34. The van der Waals surface area contributed by atoms with Crippen LogP contribution in [0.3, 0.4) is 0 Å². The van der Waals surface area contributed by atoms with E-state index >= 15 is 0 Å². The van der Waals surface area contributed by atoms with Crippen molar-refractivity contribution in [2.75, 3.05) is 31.7 Å². The van der Waals surface area contributed by atoms with Crippen LogP contribution < -0.4 is 5.32 Å². The van der Waals surface area contributed by atoms with Crippen molar-refractivity contribution < 1.29 is 18.3 Å². The number of aliphatic hydroxyl groups is 1. The molecule has 0 saturated carbocycles. The maximum absolute atomic E-state index is 10.9. The largest absolute Gasteiger partial charge is 0.389 e. The number of sulfone groups is 1. The van der Waals surface area contributed by atoms with Gasteiger partial charge in [-0.2, -0.15) is 0 Å². The summed E-state index contributed by atoms with van der Waals surface area (Å²) < 4.78 is 27.2. The lowest BCUT2D eigenvalue weighted by Crippen LogP contribution is -2.31. The van der Waals surface area contributed by atoms with E-state index in [1.165, 1.54) is 6.26 Å². The predicted molar refractivity (Wildman–Crippen MR) is 79.3 cm³/mol. The van der Waals surface area contributed by atoms with Crippen LogP contribution in [0.1, 0.15) is 12.0 Å². The van der Waals surface area contributed by atoms with E-state index in [0.29, 0.717) is 26.1 Å². The third-order valence-electron chi connectivity index (χ3n) is 2.67. The smallest absolute Gasteiger partial charge is 0.147 e. The molecule has 20 heavy (non-hydrogen) atoms. The van der Waals surface area contributed by atoms with Crippen molar-refractivity contribution in [3.8, 4) is 0 Å². The van der Waals surface area contributed by atoms with Crippen molar-refractivity contribution in [2.45, 2.75) is 19.1 Å². The minimum atomic E-state index is -2.90. The fourth-order valence-electron chi connectivity index (χ4n) is 1.67. The molecule has 1 aromatic rings. The number of hydrogen-bond acceptors (Lipinski definition) is 5. The molecule has 1 rings (SSSR count). The molecule has 0 spiro atoms. The van der Waals surface area contributed by atoms with E-state index < -0.39 is 15.9 Å². The highest BCUT2D eigenvalue weighted by molar-refractivity contribution is 7.90. The molecule has 1 atom stereocenters. The van der Waals surface area contributed by atoms with E-state index in [1.807, 2.05) is 30.3 Å². The van der Waals surface area contributed by atoms with Gasteiger partial charge in [0.1, 0.15) is 9.84 Å². The molecule has 0 aliphatic heterocycles. The number of rotatable bonds is 10. The Morgan fingerprint density at radius 1 is 1.30 bits per heavy atom. The van der Waals surface area contributed by atoms with Gasteiger partial charge in [-0.1, -0.05) is 30.3 Å². The number of hydrogen-bond donors (Lipinski definition) is 2. The van der Waals surface area contributed by atoms with Gasteiger partial charge in [0, 0.05) is 12.8 Å². The molecule has 0 amide bonds. The van der Waals surface area contributed by atoms with E-state index in [-0.39, 0.29) is 12.4 Å². The van der Waals surface area contributed by atoms with Gasteiger partial charge in [-0.25, -0.2) is 8.42 Å². The minimum Gasteiger partial charge on any atom is -0.389 e. The Hall–Kier alpha value is -0.950. The predicted octanol–water partition coefficient (Wildman–Crippen LogP) is 0.588. The first-order valence-electron chi connectivity index (χ1n) is 6.65. The Morgan fingerprint density at radius 2 is 2.00 bits per heavy atom. The first-order chi connectivity index (χ1) is 9.47. The molecule has 1 unspecified atom stereocenters. The average molecular weight is 301 g/mol. The van der Waals surface area contributed by atoms with Crippen molar-refractivity contribution in [2.24, 2.45) is 0 Å². The Kier molecular flexibility index (Phi) is 7.76. The van der Waals surface area contributed by atoms with Crippen molar-refractivity contribution in [3.63, 3.8) is 0 Å². The molecule has 0 aliphatic carbocycles. The van der Waals surface area contributed by atoms with Crippen LogP contribution >= 0.6 is 0 Å². The van der Waals surface area contributed by atoms with Gasteiger partial charge in [0.25, 0.3) is 0 Å². The summed E-state index contributed by atoms with van der Waals surface area (Å²) in [6, 6.07) is 9.77. The molecule has 5 nitrogen and oxygen atoms in total. The lowest BCUT2D eigenvalue weighted by atomic mass is 10.2. The number of ether oxygens (including phenoxy) is 1. The summed E-state index contributed by atoms with van der Waals surface area (Å²) in [5.41, 5.74) is 1.07. The molecule has 0 saturated heterocycles. The van der Waals surface area contributed by atoms with Gasteiger partial charge in [0.2, 0.25) is 0 Å². The normalized spacial score (nSPS) is 13.3. The van der Waals surface area contributed by atoms with E-state index in [2.05, 4.69) is 5.32 Å². The Bertz CT molecular complexity index is 461. The number of aliphatic hydroxyl groups excluding tert-OH is 1. The van der Waals surface area contributed by atoms with E-state index in [0.717, 1.165) is 5.56 Å². The lowest BCUT2D eigenvalue weighted by Gasteiger charge is -2.12. The summed E-state index contributed by atoms with van der Waals surface area (Å²) in [4.78, 5) is 0. The summed E-state index contributed by atoms with van der Waals surface area (Å²) in [5, 5.41) is 12.7. The van der Waals surface area contributed by atoms with Crippen molar-refractivity contribution in [3.05, 3.63) is 35.9 Å². The zero-order valence-corrected chi connectivity index (χ0v) is 12.6.